The highest BCUT2D eigenvalue weighted by atomic mass is 16.5. The normalized spacial score (nSPS) is 21.9. The number of ketones is 1. The first kappa shape index (κ1) is 71.0. The van der Waals surface area contributed by atoms with E-state index in [0.29, 0.717) is 19.3 Å². The second kappa shape index (κ2) is 35.1. The minimum atomic E-state index is -1.77. The van der Waals surface area contributed by atoms with E-state index in [2.05, 4.69) is 53.2 Å². The summed E-state index contributed by atoms with van der Waals surface area (Å²) in [7, 11) is 1.60. The van der Waals surface area contributed by atoms with E-state index in [0.717, 1.165) is 5.56 Å². The van der Waals surface area contributed by atoms with Crippen molar-refractivity contribution in [1.82, 2.24) is 53.2 Å². The molecule has 1 aromatic carbocycles. The number of benzene rings is 1. The number of hydrogen-bond donors (Lipinski definition) is 13. The van der Waals surface area contributed by atoms with Gasteiger partial charge in [0.15, 0.2) is 5.78 Å². The van der Waals surface area contributed by atoms with Crippen LogP contribution in [0.2, 0.25) is 0 Å². The predicted octanol–water partition coefficient (Wildman–Crippen LogP) is -1.82. The molecule has 1 heterocycles. The van der Waals surface area contributed by atoms with Crippen LogP contribution in [0.1, 0.15) is 127 Å². The third-order valence-electron chi connectivity index (χ3n) is 15.2. The molecule has 0 radical (unpaired) electrons. The lowest BCUT2D eigenvalue weighted by molar-refractivity contribution is -0.157. The first-order chi connectivity index (χ1) is 38.6. The first-order valence-corrected chi connectivity index (χ1v) is 28.3. The third kappa shape index (κ3) is 21.7. The second-order valence-electron chi connectivity index (χ2n) is 21.5. The van der Waals surface area contributed by atoms with Crippen molar-refractivity contribution in [2.75, 3.05) is 20.3 Å². The fourth-order valence-electron chi connectivity index (χ4n) is 8.70. The van der Waals surface area contributed by atoms with Gasteiger partial charge in [0.05, 0.1) is 19.3 Å². The summed E-state index contributed by atoms with van der Waals surface area (Å²) in [5.74, 6) is -13.4. The van der Waals surface area contributed by atoms with Crippen LogP contribution in [0.4, 0.5) is 0 Å². The van der Waals surface area contributed by atoms with Crippen LogP contribution in [-0.2, 0) is 68.7 Å². The van der Waals surface area contributed by atoms with Crippen LogP contribution in [0.25, 0.3) is 0 Å². The molecule has 0 aliphatic carbocycles. The molecule has 14 N–H and O–H groups in total. The molecule has 1 aliphatic rings. The van der Waals surface area contributed by atoms with Gasteiger partial charge in [-0.2, -0.15) is 0 Å². The topological polar surface area (TPSA) is 401 Å². The number of carbonyl (C=O) groups excluding carboxylic acids is 12. The molecule has 10 amide bonds. The molecule has 2 rings (SSSR count). The Morgan fingerprint density at radius 1 is 0.610 bits per heavy atom. The largest absolute Gasteiger partial charge is 0.458 e. The number of amides is 10. The van der Waals surface area contributed by atoms with E-state index in [-0.39, 0.29) is 12.8 Å². The standard InChI is InChI=1S/C56H91N11O15/c1-13-28(5)42(64-50(75)37(58-12)25-35-20-18-17-19-21-35)53(78)61-38(26-68)51(76)60-36(22-23-41(57)71)49(74)63-44(30(7)15-3)55(80)65-43(29(6)14-2)54(79)62-39(27-69)52(77)67-46-34(11)82-56(81)45(31(8)16-4)66-48(73)33(10)59-47(72)32(9)24-40(46)70/h17-21,28-34,36-39,42-46,58,68-69H,13-16,22-27H2,1-12H3,(H2,57,71)(H,59,72)(H,60,76)(H,61,78)(H,62,79)(H,63,74)(H,64,75)(H,65,80)(H,66,73)(H,67,77)/t28-,29-,30+,31-,32+,33-,34-,36+,37+,38-,39-,42-,43-,44+,45-,46+/m0/s1. The summed E-state index contributed by atoms with van der Waals surface area (Å²) in [4.78, 5) is 163. The Labute approximate surface area is 480 Å². The van der Waals surface area contributed by atoms with Crippen molar-refractivity contribution in [1.29, 1.82) is 0 Å². The summed E-state index contributed by atoms with van der Waals surface area (Å²) in [6.07, 6.45) is -1.01. The Morgan fingerprint density at radius 3 is 1.52 bits per heavy atom. The first-order valence-electron chi connectivity index (χ1n) is 28.3. The maximum Gasteiger partial charge on any atom is 0.329 e. The molecule has 1 aliphatic heterocycles. The molecular formula is C56H91N11O15. The number of aliphatic hydroxyl groups is 2. The lowest BCUT2D eigenvalue weighted by atomic mass is 9.94. The van der Waals surface area contributed by atoms with Crippen molar-refractivity contribution < 1.29 is 72.5 Å². The summed E-state index contributed by atoms with van der Waals surface area (Å²) in [6.45, 7) is 15.8. The summed E-state index contributed by atoms with van der Waals surface area (Å²) in [5.41, 5.74) is 6.30. The van der Waals surface area contributed by atoms with Crippen molar-refractivity contribution in [3.05, 3.63) is 35.9 Å². The molecule has 0 aromatic heterocycles. The fourth-order valence-corrected chi connectivity index (χ4v) is 8.70. The SMILES string of the molecule is CC[C@@H](C)[C@@H](NC(=O)[C@@H](CCC(N)=O)NC(=O)[C@H](CO)NC(=O)[C@@H](NC(=O)[C@@H](Cc1ccccc1)NC)[C@@H](C)CC)C(=O)N[C@H](C(=O)N[C@@H](CO)C(=O)N[C@H]1C(=O)C[C@@H](C)C(=O)N[C@@H](C)C(=O)N[C@@H]([C@@H](C)CC)C(=O)O[C@H]1C)[C@@H](C)CC. The molecule has 0 spiro atoms. The Balaban J connectivity index is 2.38. The number of nitrogens with two attached hydrogens (primary N) is 1. The van der Waals surface area contributed by atoms with E-state index in [9.17, 15) is 67.7 Å². The van der Waals surface area contributed by atoms with Gasteiger partial charge in [0.1, 0.15) is 60.5 Å². The highest BCUT2D eigenvalue weighted by molar-refractivity contribution is 5.99. The van der Waals surface area contributed by atoms with E-state index in [1.807, 2.05) is 30.3 Å². The van der Waals surface area contributed by atoms with Gasteiger partial charge in [-0.1, -0.05) is 118 Å². The summed E-state index contributed by atoms with van der Waals surface area (Å²) in [6, 6.07) is -4.49. The maximum absolute atomic E-state index is 14.3. The van der Waals surface area contributed by atoms with Crippen molar-refractivity contribution in [3.63, 3.8) is 0 Å². The smallest absolute Gasteiger partial charge is 0.329 e. The van der Waals surface area contributed by atoms with E-state index in [4.69, 9.17) is 10.5 Å². The van der Waals surface area contributed by atoms with Gasteiger partial charge in [0.25, 0.3) is 0 Å². The number of primary amides is 1. The fraction of sp³-hybridized carbons (Fsp3) is 0.679. The molecule has 26 heteroatoms. The summed E-state index contributed by atoms with van der Waals surface area (Å²) in [5, 5.41) is 46.7. The highest BCUT2D eigenvalue weighted by Crippen LogP contribution is 2.18. The van der Waals surface area contributed by atoms with Crippen molar-refractivity contribution in [2.24, 2.45) is 35.3 Å². The van der Waals surface area contributed by atoms with Gasteiger partial charge in [-0.3, -0.25) is 52.7 Å². The van der Waals surface area contributed by atoms with Crippen LogP contribution in [0.15, 0.2) is 30.3 Å². The summed E-state index contributed by atoms with van der Waals surface area (Å²) < 4.78 is 5.67. The van der Waals surface area contributed by atoms with E-state index in [1.165, 1.54) is 20.8 Å². The van der Waals surface area contributed by atoms with E-state index in [1.54, 1.807) is 62.4 Å². The zero-order valence-corrected chi connectivity index (χ0v) is 49.5. The third-order valence-corrected chi connectivity index (χ3v) is 15.2. The molecule has 0 bridgehead atoms. The zero-order valence-electron chi connectivity index (χ0n) is 49.5. The van der Waals surface area contributed by atoms with Crippen molar-refractivity contribution in [3.8, 4) is 0 Å². The van der Waals surface area contributed by atoms with Gasteiger partial charge in [-0.15, -0.1) is 0 Å². The van der Waals surface area contributed by atoms with Crippen molar-refractivity contribution in [2.45, 2.75) is 194 Å². The average molecular weight is 1160 g/mol. The van der Waals surface area contributed by atoms with Gasteiger partial charge in [0.2, 0.25) is 59.1 Å². The summed E-state index contributed by atoms with van der Waals surface area (Å²) >= 11 is 0. The van der Waals surface area contributed by atoms with E-state index < -0.39 is 199 Å². The molecule has 1 fully saturated rings. The minimum absolute atomic E-state index is 0.274. The van der Waals surface area contributed by atoms with Crippen LogP contribution in [0.5, 0.6) is 0 Å². The monoisotopic (exact) mass is 1160 g/mol. The van der Waals surface area contributed by atoms with Crippen LogP contribution in [0, 0.1) is 29.6 Å². The number of ether oxygens (including phenoxy) is 1. The number of Topliss-reactive ketones (excluding diaryl/α,β-unsaturated/α-hetero) is 1. The molecule has 1 saturated heterocycles. The van der Waals surface area contributed by atoms with Gasteiger partial charge in [-0.25, -0.2) is 4.79 Å². The number of nitrogens with one attached hydrogen (secondary N) is 10. The van der Waals surface area contributed by atoms with Gasteiger partial charge in [0, 0.05) is 18.8 Å². The molecule has 0 unspecified atom stereocenters. The number of cyclic esters (lactones) is 1. The van der Waals surface area contributed by atoms with Crippen LogP contribution < -0.4 is 58.9 Å². The molecule has 82 heavy (non-hydrogen) atoms. The minimum Gasteiger partial charge on any atom is -0.458 e. The number of esters is 1. The Kier molecular flexibility index (Phi) is 30.4. The van der Waals surface area contributed by atoms with Gasteiger partial charge >= 0.3 is 5.97 Å². The molecular weight excluding hydrogens is 1070 g/mol. The lowest BCUT2D eigenvalue weighted by Crippen LogP contribution is -2.63. The van der Waals surface area contributed by atoms with Gasteiger partial charge < -0.3 is 73.9 Å². The molecule has 1 aromatic rings. The zero-order chi connectivity index (χ0) is 62.1. The van der Waals surface area contributed by atoms with E-state index >= 15 is 0 Å². The quantitative estimate of drug-likeness (QED) is 0.0377. The molecule has 460 valence electrons. The number of hydrogen-bond acceptors (Lipinski definition) is 16. The van der Waals surface area contributed by atoms with Crippen LogP contribution in [0.3, 0.4) is 0 Å². The Hall–Kier alpha value is -7.06. The predicted molar refractivity (Wildman–Crippen MR) is 301 cm³/mol. The number of likely N-dealkylation sites (N-methyl/N-ethyl adjacent to an activating group) is 1. The Bertz CT molecular complexity index is 2360. The van der Waals surface area contributed by atoms with Crippen molar-refractivity contribution >= 4 is 70.8 Å². The molecule has 16 atom stereocenters. The molecule has 0 saturated carbocycles. The number of carbonyl (C=O) groups is 12. The maximum atomic E-state index is 14.3. The number of rotatable bonds is 30. The highest BCUT2D eigenvalue weighted by Gasteiger charge is 2.40. The Morgan fingerprint density at radius 2 is 1.06 bits per heavy atom. The molecule has 26 nitrogen and oxygen atoms in total. The number of aliphatic hydroxyl groups excluding tert-OH is 2. The second-order valence-corrected chi connectivity index (χ2v) is 21.5. The lowest BCUT2D eigenvalue weighted by Gasteiger charge is -2.31. The van der Waals surface area contributed by atoms with Gasteiger partial charge in [-0.05, 0) is 63.0 Å². The van der Waals surface area contributed by atoms with Crippen LogP contribution in [-0.4, -0.2) is 168 Å². The van der Waals surface area contributed by atoms with Crippen LogP contribution >= 0.6 is 0 Å². The average Bonchev–Trinajstić information content (AvgIpc) is 3.58.